The third-order valence-electron chi connectivity index (χ3n) is 1.41. The smallest absolute Gasteiger partial charge is 0.309 e. The molecule has 3 nitrogen and oxygen atoms in total. The zero-order chi connectivity index (χ0) is 8.36. The second kappa shape index (κ2) is 3.01. The van der Waals surface area contributed by atoms with E-state index in [1.165, 1.54) is 0 Å². The highest BCUT2D eigenvalue weighted by Crippen LogP contribution is 2.21. The van der Waals surface area contributed by atoms with Crippen LogP contribution in [0.2, 0.25) is 0 Å². The third kappa shape index (κ3) is 2.82. The Morgan fingerprint density at radius 1 is 1.70 bits per heavy atom. The van der Waals surface area contributed by atoms with Crippen molar-refractivity contribution in [2.45, 2.75) is 33.2 Å². The molecule has 0 rings (SSSR count). The molecule has 0 aliphatic heterocycles. The van der Waals surface area contributed by atoms with Crippen molar-refractivity contribution in [3.63, 3.8) is 0 Å². The van der Waals surface area contributed by atoms with Crippen LogP contribution in [0.1, 0.15) is 27.2 Å². The number of carboxylic acid groups (broad SMARTS) is 1. The van der Waals surface area contributed by atoms with Crippen molar-refractivity contribution in [3.8, 4) is 0 Å². The van der Waals surface area contributed by atoms with Crippen LogP contribution < -0.4 is 5.73 Å². The molecular weight excluding hydrogens is 130 g/mol. The van der Waals surface area contributed by atoms with Gasteiger partial charge in [0, 0.05) is 6.04 Å². The van der Waals surface area contributed by atoms with E-state index in [4.69, 9.17) is 10.8 Å². The van der Waals surface area contributed by atoms with Crippen LogP contribution in [0.3, 0.4) is 0 Å². The van der Waals surface area contributed by atoms with Gasteiger partial charge in [-0.1, -0.05) is 0 Å². The molecule has 3 N–H and O–H groups in total. The Kier molecular flexibility index (Phi) is 2.84. The highest BCUT2D eigenvalue weighted by molar-refractivity contribution is 5.73. The Bertz CT molecular complexity index is 130. The summed E-state index contributed by atoms with van der Waals surface area (Å²) in [5.41, 5.74) is 4.77. The molecule has 0 saturated carbocycles. The molecule has 0 radical (unpaired) electrons. The molecule has 0 saturated heterocycles. The van der Waals surface area contributed by atoms with Crippen molar-refractivity contribution in [1.29, 1.82) is 0 Å². The van der Waals surface area contributed by atoms with Crippen molar-refractivity contribution in [3.05, 3.63) is 0 Å². The molecule has 0 unspecified atom stereocenters. The van der Waals surface area contributed by atoms with Gasteiger partial charge in [0.15, 0.2) is 0 Å². The summed E-state index contributed by atoms with van der Waals surface area (Å²) in [6.45, 7) is 5.17. The lowest BCUT2D eigenvalue weighted by Gasteiger charge is -2.20. The lowest BCUT2D eigenvalue weighted by Crippen LogP contribution is -2.31. The maximum Gasteiger partial charge on any atom is 0.309 e. The van der Waals surface area contributed by atoms with Gasteiger partial charge in [0.25, 0.3) is 0 Å². The molecule has 1 atom stereocenters. The van der Waals surface area contributed by atoms with Gasteiger partial charge in [-0.15, -0.1) is 0 Å². The molecular formula is C7H15NO2. The summed E-state index contributed by atoms with van der Waals surface area (Å²) >= 11 is 0. The minimum atomic E-state index is -0.787. The van der Waals surface area contributed by atoms with E-state index in [-0.39, 0.29) is 6.04 Å². The monoisotopic (exact) mass is 145 g/mol. The van der Waals surface area contributed by atoms with E-state index in [2.05, 4.69) is 0 Å². The summed E-state index contributed by atoms with van der Waals surface area (Å²) in [6, 6.07) is -0.0499. The van der Waals surface area contributed by atoms with Gasteiger partial charge in [0.1, 0.15) is 0 Å². The number of carboxylic acids is 1. The first-order valence-electron chi connectivity index (χ1n) is 3.35. The predicted octanol–water partition coefficient (Wildman–Crippen LogP) is 0.835. The first-order valence-corrected chi connectivity index (χ1v) is 3.35. The quantitative estimate of drug-likeness (QED) is 0.618. The zero-order valence-corrected chi connectivity index (χ0v) is 6.72. The lowest BCUT2D eigenvalue weighted by atomic mass is 9.87. The van der Waals surface area contributed by atoms with Gasteiger partial charge in [0.05, 0.1) is 5.41 Å². The summed E-state index contributed by atoms with van der Waals surface area (Å²) in [5.74, 6) is -0.787. The number of hydrogen-bond donors (Lipinski definition) is 2. The minimum absolute atomic E-state index is 0.0499. The molecule has 0 fully saturated rings. The van der Waals surface area contributed by atoms with Crippen LogP contribution in [0.4, 0.5) is 0 Å². The molecule has 0 aromatic carbocycles. The molecule has 0 heterocycles. The average molecular weight is 145 g/mol. The van der Waals surface area contributed by atoms with Crippen LogP contribution in [-0.4, -0.2) is 17.1 Å². The van der Waals surface area contributed by atoms with Crippen molar-refractivity contribution in [1.82, 2.24) is 0 Å². The highest BCUT2D eigenvalue weighted by atomic mass is 16.4. The topological polar surface area (TPSA) is 63.3 Å². The Labute approximate surface area is 61.2 Å². The van der Waals surface area contributed by atoms with Crippen molar-refractivity contribution in [2.75, 3.05) is 0 Å². The number of hydrogen-bond acceptors (Lipinski definition) is 2. The Balaban J connectivity index is 4.00. The second-order valence-corrected chi connectivity index (χ2v) is 3.37. The Hall–Kier alpha value is -0.570. The fourth-order valence-electron chi connectivity index (χ4n) is 0.892. The van der Waals surface area contributed by atoms with E-state index in [1.807, 2.05) is 6.92 Å². The third-order valence-corrected chi connectivity index (χ3v) is 1.41. The second-order valence-electron chi connectivity index (χ2n) is 3.37. The molecule has 0 aliphatic rings. The summed E-state index contributed by atoms with van der Waals surface area (Å²) in [5, 5.41) is 8.63. The van der Waals surface area contributed by atoms with E-state index >= 15 is 0 Å². The summed E-state index contributed by atoms with van der Waals surface area (Å²) in [7, 11) is 0. The standard InChI is InChI=1S/C7H15NO2/c1-5(8)4-7(2,3)6(9)10/h5H,4,8H2,1-3H3,(H,9,10)/t5-/m0/s1. The van der Waals surface area contributed by atoms with E-state index < -0.39 is 11.4 Å². The highest BCUT2D eigenvalue weighted by Gasteiger charge is 2.27. The first-order chi connectivity index (χ1) is 4.36. The first kappa shape index (κ1) is 9.43. The van der Waals surface area contributed by atoms with E-state index in [9.17, 15) is 4.79 Å². The van der Waals surface area contributed by atoms with Gasteiger partial charge in [-0.05, 0) is 27.2 Å². The molecule has 0 amide bonds. The van der Waals surface area contributed by atoms with Crippen LogP contribution in [0.25, 0.3) is 0 Å². The van der Waals surface area contributed by atoms with Crippen LogP contribution in [0, 0.1) is 5.41 Å². The average Bonchev–Trinajstić information content (AvgIpc) is 1.60. The van der Waals surface area contributed by atoms with Crippen molar-refractivity contribution < 1.29 is 9.90 Å². The van der Waals surface area contributed by atoms with E-state index in [1.54, 1.807) is 13.8 Å². The van der Waals surface area contributed by atoms with Crippen molar-refractivity contribution in [2.24, 2.45) is 11.1 Å². The van der Waals surface area contributed by atoms with Gasteiger partial charge in [-0.2, -0.15) is 0 Å². The van der Waals surface area contributed by atoms with E-state index in [0.29, 0.717) is 6.42 Å². The van der Waals surface area contributed by atoms with Gasteiger partial charge >= 0.3 is 5.97 Å². The zero-order valence-electron chi connectivity index (χ0n) is 6.72. The largest absolute Gasteiger partial charge is 0.481 e. The summed E-state index contributed by atoms with van der Waals surface area (Å²) < 4.78 is 0. The Morgan fingerprint density at radius 3 is 2.20 bits per heavy atom. The van der Waals surface area contributed by atoms with Crippen LogP contribution >= 0.6 is 0 Å². The minimum Gasteiger partial charge on any atom is -0.481 e. The van der Waals surface area contributed by atoms with Crippen LogP contribution in [0.5, 0.6) is 0 Å². The number of nitrogens with two attached hydrogens (primary N) is 1. The number of rotatable bonds is 3. The van der Waals surface area contributed by atoms with Gasteiger partial charge in [-0.25, -0.2) is 0 Å². The normalized spacial score (nSPS) is 14.8. The van der Waals surface area contributed by atoms with E-state index in [0.717, 1.165) is 0 Å². The number of carbonyl (C=O) groups is 1. The van der Waals surface area contributed by atoms with Crippen LogP contribution in [-0.2, 0) is 4.79 Å². The molecule has 0 aromatic heterocycles. The number of aliphatic carboxylic acids is 1. The SMILES string of the molecule is C[C@H](N)CC(C)(C)C(=O)O. The summed E-state index contributed by atoms with van der Waals surface area (Å²) in [6.07, 6.45) is 0.516. The maximum absolute atomic E-state index is 10.5. The van der Waals surface area contributed by atoms with Gasteiger partial charge in [0.2, 0.25) is 0 Å². The Morgan fingerprint density at radius 2 is 2.10 bits per heavy atom. The van der Waals surface area contributed by atoms with Gasteiger partial charge in [-0.3, -0.25) is 4.79 Å². The molecule has 0 spiro atoms. The fraction of sp³-hybridized carbons (Fsp3) is 0.857. The van der Waals surface area contributed by atoms with Crippen molar-refractivity contribution >= 4 is 5.97 Å². The lowest BCUT2D eigenvalue weighted by molar-refractivity contribution is -0.147. The molecule has 10 heavy (non-hydrogen) atoms. The summed E-state index contributed by atoms with van der Waals surface area (Å²) in [4.78, 5) is 10.5. The molecule has 60 valence electrons. The van der Waals surface area contributed by atoms with Crippen LogP contribution in [0.15, 0.2) is 0 Å². The molecule has 0 aromatic rings. The maximum atomic E-state index is 10.5. The fourth-order valence-corrected chi connectivity index (χ4v) is 0.892. The molecule has 0 bridgehead atoms. The predicted molar refractivity (Wildman–Crippen MR) is 39.7 cm³/mol. The molecule has 3 heteroatoms. The molecule has 0 aliphatic carbocycles. The van der Waals surface area contributed by atoms with Gasteiger partial charge < -0.3 is 10.8 Å².